The van der Waals surface area contributed by atoms with Gasteiger partial charge in [-0.3, -0.25) is 4.79 Å². The Hall–Kier alpha value is -3.52. The van der Waals surface area contributed by atoms with Gasteiger partial charge in [0.25, 0.3) is 0 Å². The van der Waals surface area contributed by atoms with Crippen molar-refractivity contribution in [2.45, 2.75) is 59.1 Å². The molecule has 3 rings (SSSR count). The van der Waals surface area contributed by atoms with Gasteiger partial charge in [0.05, 0.1) is 23.6 Å². The van der Waals surface area contributed by atoms with E-state index < -0.39 is 11.7 Å². The average Bonchev–Trinajstić information content (AvgIpc) is 2.80. The predicted molar refractivity (Wildman–Crippen MR) is 140 cm³/mol. The van der Waals surface area contributed by atoms with E-state index in [0.29, 0.717) is 24.5 Å². The van der Waals surface area contributed by atoms with Crippen molar-refractivity contribution in [3.8, 4) is 0 Å². The van der Waals surface area contributed by atoms with Gasteiger partial charge >= 0.3 is 6.09 Å². The van der Waals surface area contributed by atoms with Gasteiger partial charge in [-0.05, 0) is 38.8 Å². The zero-order chi connectivity index (χ0) is 25.6. The van der Waals surface area contributed by atoms with Crippen molar-refractivity contribution in [3.63, 3.8) is 0 Å². The molecule has 2 amide bonds. The minimum absolute atomic E-state index is 0.118. The van der Waals surface area contributed by atoms with Gasteiger partial charge in [-0.25, -0.2) is 10.6 Å². The van der Waals surface area contributed by atoms with Crippen LogP contribution < -0.4 is 21.8 Å². The lowest BCUT2D eigenvalue weighted by Crippen LogP contribution is -2.38. The van der Waals surface area contributed by atoms with Crippen molar-refractivity contribution in [3.05, 3.63) is 65.2 Å². The van der Waals surface area contributed by atoms with Gasteiger partial charge in [-0.1, -0.05) is 55.8 Å². The van der Waals surface area contributed by atoms with E-state index in [2.05, 4.69) is 12.2 Å². The monoisotopic (exact) mass is 479 g/mol. The highest BCUT2D eigenvalue weighted by Crippen LogP contribution is 2.37. The molecular weight excluding hydrogens is 442 g/mol. The fraction of sp³-hybridized carbons (Fsp3) is 0.407. The molecule has 0 saturated carbocycles. The number of anilines is 1. The van der Waals surface area contributed by atoms with E-state index in [-0.39, 0.29) is 18.9 Å². The molecule has 1 aliphatic heterocycles. The van der Waals surface area contributed by atoms with E-state index in [9.17, 15) is 9.59 Å². The van der Waals surface area contributed by atoms with E-state index in [0.717, 1.165) is 35.2 Å². The van der Waals surface area contributed by atoms with Crippen LogP contribution in [-0.4, -0.2) is 35.7 Å². The number of fused-ring (bicyclic) bond motifs is 2. The van der Waals surface area contributed by atoms with Crippen molar-refractivity contribution < 1.29 is 14.3 Å². The number of carbonyl (C=O) groups excluding carboxylic acids is 2. The maximum absolute atomic E-state index is 13.5. The normalized spacial score (nSPS) is 15.4. The molecule has 1 heterocycles. The summed E-state index contributed by atoms with van der Waals surface area (Å²) in [5.74, 6) is 6.41. The second kappa shape index (κ2) is 11.3. The number of carbonyl (C=O) groups is 2. The number of amides is 2. The lowest BCUT2D eigenvalue weighted by atomic mass is 9.95. The van der Waals surface area contributed by atoms with E-state index in [1.54, 1.807) is 30.7 Å². The second-order valence-electron chi connectivity index (χ2n) is 9.64. The van der Waals surface area contributed by atoms with Gasteiger partial charge in [0.1, 0.15) is 5.60 Å². The highest BCUT2D eigenvalue weighted by Gasteiger charge is 2.28. The van der Waals surface area contributed by atoms with Crippen molar-refractivity contribution in [1.82, 2.24) is 10.3 Å². The number of nitrogens with zero attached hydrogens (tertiary/aromatic N) is 2. The molecule has 0 bridgehead atoms. The van der Waals surface area contributed by atoms with Crippen LogP contribution in [-0.2, 0) is 16.1 Å². The second-order valence-corrected chi connectivity index (χ2v) is 9.64. The number of hydrazine groups is 1. The summed E-state index contributed by atoms with van der Waals surface area (Å²) in [6.07, 6.45) is 1.48. The molecule has 5 N–H and O–H groups in total. The van der Waals surface area contributed by atoms with Crippen LogP contribution in [0.1, 0.15) is 63.6 Å². The van der Waals surface area contributed by atoms with Crippen molar-refractivity contribution in [2.75, 3.05) is 18.0 Å². The first-order valence-electron chi connectivity index (χ1n) is 12.1. The molecule has 0 saturated heterocycles. The van der Waals surface area contributed by atoms with Crippen LogP contribution in [0.2, 0.25) is 0 Å². The van der Waals surface area contributed by atoms with E-state index >= 15 is 0 Å². The third-order valence-corrected chi connectivity index (χ3v) is 5.69. The van der Waals surface area contributed by atoms with Gasteiger partial charge in [0.2, 0.25) is 5.91 Å². The Morgan fingerprint density at radius 2 is 1.74 bits per heavy atom. The lowest BCUT2D eigenvalue weighted by molar-refractivity contribution is -0.118. The van der Waals surface area contributed by atoms with Crippen molar-refractivity contribution >= 4 is 29.1 Å². The molecule has 0 fully saturated rings. The lowest BCUT2D eigenvalue weighted by Gasteiger charge is -2.33. The summed E-state index contributed by atoms with van der Waals surface area (Å²) in [5, 5.41) is 4.36. The molecule has 8 heteroatoms. The zero-order valence-corrected chi connectivity index (χ0v) is 21.1. The number of alkyl carbamates (subject to hydrolysis) is 1. The molecule has 8 nitrogen and oxygen atoms in total. The minimum Gasteiger partial charge on any atom is -0.444 e. The molecule has 0 atom stereocenters. The van der Waals surface area contributed by atoms with Gasteiger partial charge in [-0.15, -0.1) is 0 Å². The Morgan fingerprint density at radius 3 is 2.43 bits per heavy atom. The summed E-state index contributed by atoms with van der Waals surface area (Å²) in [6.45, 7) is 8.65. The molecule has 0 radical (unpaired) electrons. The number of hydrogen-bond donors (Lipinski definition) is 3. The molecule has 1 aliphatic rings. The van der Waals surface area contributed by atoms with Crippen LogP contribution in [0.25, 0.3) is 11.4 Å². The number of nitrogens with one attached hydrogen (secondary N) is 1. The third-order valence-electron chi connectivity index (χ3n) is 5.69. The van der Waals surface area contributed by atoms with Crippen LogP contribution in [0.5, 0.6) is 0 Å². The quantitative estimate of drug-likeness (QED) is 0.405. The number of hydrogen-bond acceptors (Lipinski definition) is 6. The number of rotatable bonds is 7. The maximum atomic E-state index is 13.5. The Labute approximate surface area is 207 Å². The van der Waals surface area contributed by atoms with Crippen LogP contribution >= 0.6 is 0 Å². The summed E-state index contributed by atoms with van der Waals surface area (Å²) >= 11 is 0. The maximum Gasteiger partial charge on any atom is 0.407 e. The number of unbranched alkanes of at least 4 members (excludes halogenated alkanes) is 1. The smallest absolute Gasteiger partial charge is 0.407 e. The topological polar surface area (TPSA) is 114 Å². The standard InChI is InChI=1S/C27H37N5O3/c1-5-6-17-32(29)25-21-13-9-10-14-22(21)31(18-19-11-7-8-12-20(19)24(25)28)23(33)15-16-30-26(34)35-27(2,3)4/h7-14H,5-6,15-18,28-29H2,1-4H3,(H,30,34)/b25-24-. The fourth-order valence-electron chi connectivity index (χ4n) is 4.05. The molecule has 188 valence electrons. The molecule has 0 unspecified atom stereocenters. The largest absolute Gasteiger partial charge is 0.444 e. The summed E-state index contributed by atoms with van der Waals surface area (Å²) in [6, 6.07) is 15.5. The molecule has 2 aromatic rings. The number of para-hydroxylation sites is 1. The number of benzene rings is 2. The Kier molecular flexibility index (Phi) is 8.40. The molecule has 0 aromatic heterocycles. The van der Waals surface area contributed by atoms with E-state index in [4.69, 9.17) is 16.3 Å². The average molecular weight is 480 g/mol. The zero-order valence-electron chi connectivity index (χ0n) is 21.1. The number of nitrogens with two attached hydrogens (primary N) is 2. The Bertz CT molecular complexity index is 1090. The highest BCUT2D eigenvalue weighted by atomic mass is 16.6. The molecule has 0 spiro atoms. The van der Waals surface area contributed by atoms with Gasteiger partial charge in [0.15, 0.2) is 0 Å². The molecule has 2 aromatic carbocycles. The van der Waals surface area contributed by atoms with Crippen LogP contribution in [0.4, 0.5) is 10.5 Å². The molecule has 35 heavy (non-hydrogen) atoms. The first-order valence-corrected chi connectivity index (χ1v) is 12.1. The van der Waals surface area contributed by atoms with Crippen molar-refractivity contribution in [1.29, 1.82) is 0 Å². The highest BCUT2D eigenvalue weighted by molar-refractivity contribution is 6.01. The SMILES string of the molecule is CCCCN(N)/C1=C(\N)c2ccccc2CN(C(=O)CCNC(=O)OC(C)(C)C)c2ccccc21. The first kappa shape index (κ1) is 26.1. The Morgan fingerprint density at radius 1 is 1.09 bits per heavy atom. The summed E-state index contributed by atoms with van der Waals surface area (Å²) < 4.78 is 5.27. The predicted octanol–water partition coefficient (Wildman–Crippen LogP) is 4.21. The minimum atomic E-state index is -0.603. The van der Waals surface area contributed by atoms with Crippen LogP contribution in [0, 0.1) is 0 Å². The van der Waals surface area contributed by atoms with Gasteiger partial charge < -0.3 is 25.7 Å². The molecular formula is C27H37N5O3. The summed E-state index contributed by atoms with van der Waals surface area (Å²) in [7, 11) is 0. The first-order chi connectivity index (χ1) is 16.6. The van der Waals surface area contributed by atoms with Gasteiger partial charge in [-0.2, -0.15) is 0 Å². The van der Waals surface area contributed by atoms with Crippen LogP contribution in [0.15, 0.2) is 48.5 Å². The Balaban J connectivity index is 1.96. The summed E-state index contributed by atoms with van der Waals surface area (Å²) in [4.78, 5) is 27.2. The van der Waals surface area contributed by atoms with Crippen molar-refractivity contribution in [2.24, 2.45) is 11.6 Å². The summed E-state index contributed by atoms with van der Waals surface area (Å²) in [5.41, 5.74) is 10.7. The van der Waals surface area contributed by atoms with Crippen LogP contribution in [0.3, 0.4) is 0 Å². The van der Waals surface area contributed by atoms with E-state index in [1.165, 1.54) is 0 Å². The number of ether oxygens (including phenoxy) is 1. The van der Waals surface area contributed by atoms with Gasteiger partial charge in [0, 0.05) is 30.6 Å². The van der Waals surface area contributed by atoms with E-state index in [1.807, 2.05) is 48.5 Å². The fourth-order valence-corrected chi connectivity index (χ4v) is 4.05. The molecule has 0 aliphatic carbocycles. The third kappa shape index (κ3) is 6.54.